The molecule has 2 N–H and O–H groups in total. The third kappa shape index (κ3) is 5.98. The van der Waals surface area contributed by atoms with Gasteiger partial charge in [0.25, 0.3) is 0 Å². The Morgan fingerprint density at radius 1 is 1.08 bits per heavy atom. The maximum Gasteiger partial charge on any atom is 0.304 e. The largest absolute Gasteiger partial charge is 0.489 e. The third-order valence-corrected chi connectivity index (χ3v) is 3.81. The van der Waals surface area contributed by atoms with Crippen molar-refractivity contribution in [3.8, 4) is 17.6 Å². The van der Waals surface area contributed by atoms with Gasteiger partial charge in [-0.15, -0.1) is 5.92 Å². The summed E-state index contributed by atoms with van der Waals surface area (Å²) in [5.41, 5.74) is 3.01. The van der Waals surface area contributed by atoms with Gasteiger partial charge in [0.05, 0.1) is 12.3 Å². The van der Waals surface area contributed by atoms with Crippen LogP contribution in [0.25, 0.3) is 0 Å². The van der Waals surface area contributed by atoms with E-state index in [1.165, 1.54) is 0 Å². The van der Waals surface area contributed by atoms with Crippen LogP contribution in [0.15, 0.2) is 48.5 Å². The van der Waals surface area contributed by atoms with Crippen molar-refractivity contribution in [1.82, 2.24) is 0 Å². The summed E-state index contributed by atoms with van der Waals surface area (Å²) in [6.45, 7) is 2.30. The molecule has 0 radical (unpaired) electrons. The molecule has 4 heteroatoms. The van der Waals surface area contributed by atoms with E-state index in [1.807, 2.05) is 48.5 Å². The van der Waals surface area contributed by atoms with Crippen LogP contribution in [0.4, 0.5) is 0 Å². The van der Waals surface area contributed by atoms with Crippen LogP contribution in [0.1, 0.15) is 36.0 Å². The molecule has 130 valence electrons. The van der Waals surface area contributed by atoms with Crippen LogP contribution in [-0.4, -0.2) is 22.8 Å². The monoisotopic (exact) mass is 338 g/mol. The van der Waals surface area contributed by atoms with Gasteiger partial charge in [0.1, 0.15) is 12.4 Å². The summed E-state index contributed by atoms with van der Waals surface area (Å²) in [6.07, 6.45) is 0.641. The maximum absolute atomic E-state index is 10.9. The van der Waals surface area contributed by atoms with E-state index in [9.17, 15) is 4.79 Å². The predicted octanol–water partition coefficient (Wildman–Crippen LogP) is 3.38. The Balaban J connectivity index is 1.97. The minimum atomic E-state index is -0.863. The number of aliphatic hydroxyl groups excluding tert-OH is 1. The molecule has 0 aliphatic carbocycles. The smallest absolute Gasteiger partial charge is 0.304 e. The predicted molar refractivity (Wildman–Crippen MR) is 96.4 cm³/mol. The van der Waals surface area contributed by atoms with E-state index in [2.05, 4.69) is 11.8 Å². The molecule has 4 nitrogen and oxygen atoms in total. The Morgan fingerprint density at radius 3 is 2.28 bits per heavy atom. The number of hydrogen-bond acceptors (Lipinski definition) is 3. The van der Waals surface area contributed by atoms with E-state index in [-0.39, 0.29) is 18.9 Å². The first-order valence-electron chi connectivity index (χ1n) is 8.18. The molecule has 2 aromatic carbocycles. The number of ether oxygens (including phenoxy) is 1. The van der Waals surface area contributed by atoms with E-state index in [1.54, 1.807) is 6.92 Å². The van der Waals surface area contributed by atoms with E-state index in [4.69, 9.17) is 14.9 Å². The van der Waals surface area contributed by atoms with Crippen molar-refractivity contribution in [3.63, 3.8) is 0 Å². The van der Waals surface area contributed by atoms with Crippen molar-refractivity contribution >= 4 is 5.97 Å². The zero-order valence-electron chi connectivity index (χ0n) is 14.2. The van der Waals surface area contributed by atoms with Crippen molar-refractivity contribution in [2.75, 3.05) is 6.61 Å². The fourth-order valence-corrected chi connectivity index (χ4v) is 2.50. The lowest BCUT2D eigenvalue weighted by atomic mass is 9.96. The van der Waals surface area contributed by atoms with Crippen LogP contribution in [0.2, 0.25) is 0 Å². The molecule has 25 heavy (non-hydrogen) atoms. The van der Waals surface area contributed by atoms with Gasteiger partial charge in [-0.05, 0) is 42.2 Å². The fourth-order valence-electron chi connectivity index (χ4n) is 2.50. The number of aliphatic carboxylic acids is 1. The highest BCUT2D eigenvalue weighted by molar-refractivity contribution is 5.69. The summed E-state index contributed by atoms with van der Waals surface area (Å²) in [6, 6.07) is 15.3. The molecule has 0 saturated heterocycles. The highest BCUT2D eigenvalue weighted by atomic mass is 16.5. The molecule has 2 aromatic rings. The van der Waals surface area contributed by atoms with Gasteiger partial charge in [-0.25, -0.2) is 0 Å². The molecule has 1 atom stereocenters. The average Bonchev–Trinajstić information content (AvgIpc) is 2.61. The van der Waals surface area contributed by atoms with Gasteiger partial charge in [0, 0.05) is 6.61 Å². The lowest BCUT2D eigenvalue weighted by Gasteiger charge is -2.11. The van der Waals surface area contributed by atoms with Crippen LogP contribution in [-0.2, 0) is 17.8 Å². The fraction of sp³-hybridized carbons (Fsp3) is 0.286. The minimum Gasteiger partial charge on any atom is -0.489 e. The Labute approximate surface area is 148 Å². The van der Waals surface area contributed by atoms with E-state index >= 15 is 0 Å². The van der Waals surface area contributed by atoms with Gasteiger partial charge in [-0.2, -0.15) is 0 Å². The summed E-state index contributed by atoms with van der Waals surface area (Å²) in [5, 5.41) is 17.9. The lowest BCUT2D eigenvalue weighted by Crippen LogP contribution is -2.04. The highest BCUT2D eigenvalue weighted by Gasteiger charge is 2.13. The molecular formula is C21H22O4. The number of hydrogen-bond donors (Lipinski definition) is 2. The molecule has 2 rings (SSSR count). The molecular weight excluding hydrogens is 316 g/mol. The van der Waals surface area contributed by atoms with Crippen molar-refractivity contribution in [1.29, 1.82) is 0 Å². The Bertz CT molecular complexity index is 736. The van der Waals surface area contributed by atoms with Gasteiger partial charge in [0.15, 0.2) is 0 Å². The lowest BCUT2D eigenvalue weighted by molar-refractivity contribution is -0.137. The molecule has 0 spiro atoms. The number of benzene rings is 2. The van der Waals surface area contributed by atoms with Gasteiger partial charge in [0.2, 0.25) is 0 Å². The molecule has 1 unspecified atom stereocenters. The summed E-state index contributed by atoms with van der Waals surface area (Å²) in [5.74, 6) is 5.27. The maximum atomic E-state index is 10.9. The Morgan fingerprint density at radius 2 is 1.72 bits per heavy atom. The third-order valence-electron chi connectivity index (χ3n) is 3.81. The van der Waals surface area contributed by atoms with Gasteiger partial charge in [-0.3, -0.25) is 4.79 Å². The summed E-state index contributed by atoms with van der Waals surface area (Å²) < 4.78 is 5.77. The van der Waals surface area contributed by atoms with Crippen molar-refractivity contribution < 1.29 is 19.7 Å². The average molecular weight is 338 g/mol. The molecule has 0 heterocycles. The van der Waals surface area contributed by atoms with Gasteiger partial charge >= 0.3 is 5.97 Å². The Kier molecular flexibility index (Phi) is 7.06. The molecule has 0 amide bonds. The molecule has 0 fully saturated rings. The number of aliphatic hydroxyl groups is 1. The SMILES string of the molecule is CC#CC(CC(=O)O)c1ccc(OCc2ccc(CCO)cc2)cc1. The summed E-state index contributed by atoms with van der Waals surface area (Å²) in [7, 11) is 0. The second-order valence-corrected chi connectivity index (χ2v) is 5.69. The summed E-state index contributed by atoms with van der Waals surface area (Å²) in [4.78, 5) is 10.9. The van der Waals surface area contributed by atoms with Crippen molar-refractivity contribution in [3.05, 3.63) is 65.2 Å². The Hall–Kier alpha value is -2.77. The van der Waals surface area contributed by atoms with Crippen LogP contribution in [0.5, 0.6) is 5.75 Å². The molecule has 0 aliphatic rings. The minimum absolute atomic E-state index is 0.0127. The second-order valence-electron chi connectivity index (χ2n) is 5.69. The van der Waals surface area contributed by atoms with Gasteiger partial charge in [-0.1, -0.05) is 42.3 Å². The number of carboxylic acid groups (broad SMARTS) is 1. The standard InChI is InChI=1S/C21H22O4/c1-2-3-19(14-21(23)24)18-8-10-20(11-9-18)25-15-17-6-4-16(5-7-17)12-13-22/h4-11,19,22H,12-15H2,1H3,(H,23,24). The molecule has 0 saturated carbocycles. The van der Waals surface area contributed by atoms with E-state index in [0.29, 0.717) is 13.0 Å². The first-order valence-corrected chi connectivity index (χ1v) is 8.18. The van der Waals surface area contributed by atoms with Crippen LogP contribution in [0.3, 0.4) is 0 Å². The van der Waals surface area contributed by atoms with Crippen molar-refractivity contribution in [2.45, 2.75) is 32.3 Å². The quantitative estimate of drug-likeness (QED) is 0.724. The van der Waals surface area contributed by atoms with Crippen LogP contribution < -0.4 is 4.74 Å². The second kappa shape index (κ2) is 9.51. The molecule has 0 bridgehead atoms. The molecule has 0 aromatic heterocycles. The van der Waals surface area contributed by atoms with Crippen LogP contribution >= 0.6 is 0 Å². The zero-order chi connectivity index (χ0) is 18.1. The van der Waals surface area contributed by atoms with E-state index in [0.717, 1.165) is 22.4 Å². The topological polar surface area (TPSA) is 66.8 Å². The van der Waals surface area contributed by atoms with Gasteiger partial charge < -0.3 is 14.9 Å². The first-order chi connectivity index (χ1) is 12.1. The normalized spacial score (nSPS) is 11.3. The van der Waals surface area contributed by atoms with Crippen molar-refractivity contribution in [2.24, 2.45) is 0 Å². The van der Waals surface area contributed by atoms with E-state index < -0.39 is 5.97 Å². The number of carboxylic acids is 1. The number of rotatable bonds is 8. The summed E-state index contributed by atoms with van der Waals surface area (Å²) >= 11 is 0. The first kappa shape index (κ1) is 18.6. The highest BCUT2D eigenvalue weighted by Crippen LogP contribution is 2.22. The number of carbonyl (C=O) groups is 1. The zero-order valence-corrected chi connectivity index (χ0v) is 14.2. The van der Waals surface area contributed by atoms with Crippen LogP contribution in [0, 0.1) is 11.8 Å². The molecule has 0 aliphatic heterocycles.